The standard InChI is InChI=1S/C5H5BrS.C2H3BrO/c1-4-2-3-5(6)7-4;3-1-2-4/h2-3H,1H3;2H,1H2. The fourth-order valence-electron chi connectivity index (χ4n) is 0.405. The minimum Gasteiger partial charge on any atom is -0.302 e. The second-order valence-corrected chi connectivity index (χ2v) is 4.99. The number of carbonyl (C=O) groups is 1. The topological polar surface area (TPSA) is 17.1 Å². The van der Waals surface area contributed by atoms with Gasteiger partial charge in [-0.25, -0.2) is 0 Å². The van der Waals surface area contributed by atoms with Crippen LogP contribution in [0.25, 0.3) is 0 Å². The molecule has 0 radical (unpaired) electrons. The number of hydrogen-bond donors (Lipinski definition) is 0. The van der Waals surface area contributed by atoms with Crippen molar-refractivity contribution in [3.8, 4) is 0 Å². The van der Waals surface area contributed by atoms with Crippen molar-refractivity contribution in [2.24, 2.45) is 0 Å². The Labute approximate surface area is 87.1 Å². The zero-order valence-corrected chi connectivity index (χ0v) is 10.0. The van der Waals surface area contributed by atoms with Crippen molar-refractivity contribution in [2.75, 3.05) is 5.33 Å². The number of alkyl halides is 1. The van der Waals surface area contributed by atoms with Crippen LogP contribution in [0, 0.1) is 6.92 Å². The SMILES string of the molecule is Cc1ccc(Br)s1.O=CCBr. The van der Waals surface area contributed by atoms with E-state index in [9.17, 15) is 0 Å². The number of halogens is 2. The number of carbonyl (C=O) groups excluding carboxylic acids is 1. The Morgan fingerprint density at radius 3 is 2.27 bits per heavy atom. The first-order valence-electron chi connectivity index (χ1n) is 2.92. The first-order chi connectivity index (χ1) is 5.20. The van der Waals surface area contributed by atoms with E-state index in [0.29, 0.717) is 5.33 Å². The highest BCUT2D eigenvalue weighted by Crippen LogP contribution is 2.20. The lowest BCUT2D eigenvalue weighted by Gasteiger charge is -1.69. The summed E-state index contributed by atoms with van der Waals surface area (Å²) in [4.78, 5) is 10.5. The molecule has 0 N–H and O–H groups in total. The Hall–Kier alpha value is 0.330. The molecule has 1 nitrogen and oxygen atoms in total. The molecule has 0 aliphatic carbocycles. The Bertz CT molecular complexity index is 193. The molecular formula is C7H8Br2OS. The van der Waals surface area contributed by atoms with Crippen LogP contribution in [0.1, 0.15) is 4.88 Å². The van der Waals surface area contributed by atoms with Crippen molar-refractivity contribution >= 4 is 49.5 Å². The van der Waals surface area contributed by atoms with Crippen LogP contribution in [-0.2, 0) is 4.79 Å². The molecule has 0 aromatic carbocycles. The largest absolute Gasteiger partial charge is 0.302 e. The van der Waals surface area contributed by atoms with Crippen molar-refractivity contribution < 1.29 is 4.79 Å². The highest BCUT2D eigenvalue weighted by Gasteiger charge is 1.86. The molecule has 0 amide bonds. The van der Waals surface area contributed by atoms with Crippen molar-refractivity contribution in [1.82, 2.24) is 0 Å². The molecule has 0 aliphatic rings. The van der Waals surface area contributed by atoms with Gasteiger partial charge in [-0.05, 0) is 35.0 Å². The van der Waals surface area contributed by atoms with Crippen LogP contribution in [0.15, 0.2) is 15.9 Å². The maximum absolute atomic E-state index is 9.13. The molecule has 1 aromatic heterocycles. The average molecular weight is 300 g/mol. The van der Waals surface area contributed by atoms with E-state index in [4.69, 9.17) is 4.79 Å². The summed E-state index contributed by atoms with van der Waals surface area (Å²) in [6, 6.07) is 4.15. The second kappa shape index (κ2) is 7.00. The molecule has 62 valence electrons. The van der Waals surface area contributed by atoms with E-state index in [-0.39, 0.29) is 0 Å². The molecule has 0 bridgehead atoms. The summed E-state index contributed by atoms with van der Waals surface area (Å²) in [5.41, 5.74) is 0. The summed E-state index contributed by atoms with van der Waals surface area (Å²) in [6.07, 6.45) is 0.792. The van der Waals surface area contributed by atoms with Crippen LogP contribution in [-0.4, -0.2) is 11.6 Å². The maximum Gasteiger partial charge on any atom is 0.130 e. The van der Waals surface area contributed by atoms with Gasteiger partial charge in [0.05, 0.1) is 9.12 Å². The van der Waals surface area contributed by atoms with Crippen LogP contribution < -0.4 is 0 Å². The number of aryl methyl sites for hydroxylation is 1. The summed E-state index contributed by atoms with van der Waals surface area (Å²) in [5.74, 6) is 0. The van der Waals surface area contributed by atoms with Crippen LogP contribution >= 0.6 is 43.2 Å². The summed E-state index contributed by atoms with van der Waals surface area (Å²) in [6.45, 7) is 2.09. The van der Waals surface area contributed by atoms with Gasteiger partial charge in [0.15, 0.2) is 0 Å². The van der Waals surface area contributed by atoms with Crippen LogP contribution in [0.5, 0.6) is 0 Å². The first kappa shape index (κ1) is 11.3. The third-order valence-corrected chi connectivity index (χ3v) is 2.57. The van der Waals surface area contributed by atoms with E-state index in [1.807, 2.05) is 0 Å². The molecule has 0 atom stereocenters. The van der Waals surface area contributed by atoms with E-state index in [1.54, 1.807) is 11.3 Å². The number of rotatable bonds is 1. The maximum atomic E-state index is 9.13. The minimum absolute atomic E-state index is 0.451. The van der Waals surface area contributed by atoms with Gasteiger partial charge in [0.1, 0.15) is 6.29 Å². The van der Waals surface area contributed by atoms with E-state index < -0.39 is 0 Å². The van der Waals surface area contributed by atoms with Crippen LogP contribution in [0.4, 0.5) is 0 Å². The molecule has 0 saturated heterocycles. The number of hydrogen-bond acceptors (Lipinski definition) is 2. The molecule has 11 heavy (non-hydrogen) atoms. The Balaban J connectivity index is 0.000000218. The normalized spacial score (nSPS) is 8.27. The molecule has 0 aliphatic heterocycles. The highest BCUT2D eigenvalue weighted by atomic mass is 79.9. The molecule has 0 spiro atoms. The quantitative estimate of drug-likeness (QED) is 0.574. The Morgan fingerprint density at radius 1 is 1.64 bits per heavy atom. The molecule has 4 heteroatoms. The summed E-state index contributed by atoms with van der Waals surface area (Å²) < 4.78 is 1.21. The van der Waals surface area contributed by atoms with Gasteiger partial charge in [-0.2, -0.15) is 0 Å². The Morgan fingerprint density at radius 2 is 2.18 bits per heavy atom. The van der Waals surface area contributed by atoms with E-state index in [1.165, 1.54) is 8.66 Å². The molecule has 1 heterocycles. The van der Waals surface area contributed by atoms with Gasteiger partial charge in [-0.15, -0.1) is 11.3 Å². The van der Waals surface area contributed by atoms with E-state index in [0.717, 1.165) is 6.29 Å². The zero-order valence-electron chi connectivity index (χ0n) is 6.01. The van der Waals surface area contributed by atoms with Gasteiger partial charge in [0.2, 0.25) is 0 Å². The van der Waals surface area contributed by atoms with Crippen LogP contribution in [0.2, 0.25) is 0 Å². The van der Waals surface area contributed by atoms with Gasteiger partial charge in [0, 0.05) is 4.88 Å². The van der Waals surface area contributed by atoms with Crippen molar-refractivity contribution in [2.45, 2.75) is 6.92 Å². The number of thiophene rings is 1. The molecular weight excluding hydrogens is 292 g/mol. The summed E-state index contributed by atoms with van der Waals surface area (Å²) in [5, 5.41) is 0.451. The highest BCUT2D eigenvalue weighted by molar-refractivity contribution is 9.11. The van der Waals surface area contributed by atoms with Gasteiger partial charge < -0.3 is 4.79 Å². The third kappa shape index (κ3) is 6.72. The summed E-state index contributed by atoms with van der Waals surface area (Å²) in [7, 11) is 0. The predicted octanol–water partition coefficient (Wildman–Crippen LogP) is 3.40. The Kier molecular flexibility index (Phi) is 7.22. The van der Waals surface area contributed by atoms with E-state index in [2.05, 4.69) is 50.9 Å². The second-order valence-electron chi connectivity index (χ2n) is 1.67. The van der Waals surface area contributed by atoms with Crippen molar-refractivity contribution in [1.29, 1.82) is 0 Å². The van der Waals surface area contributed by atoms with Gasteiger partial charge in [0.25, 0.3) is 0 Å². The zero-order chi connectivity index (χ0) is 8.69. The summed E-state index contributed by atoms with van der Waals surface area (Å²) >= 11 is 7.99. The molecule has 0 saturated carbocycles. The fourth-order valence-corrected chi connectivity index (χ4v) is 1.88. The lowest BCUT2D eigenvalue weighted by molar-refractivity contribution is -0.105. The molecule has 1 aromatic rings. The van der Waals surface area contributed by atoms with Gasteiger partial charge >= 0.3 is 0 Å². The number of aldehydes is 1. The monoisotopic (exact) mass is 298 g/mol. The average Bonchev–Trinajstić information content (AvgIpc) is 2.35. The lowest BCUT2D eigenvalue weighted by Crippen LogP contribution is -1.61. The predicted molar refractivity (Wildman–Crippen MR) is 56.6 cm³/mol. The third-order valence-electron chi connectivity index (χ3n) is 0.771. The van der Waals surface area contributed by atoms with E-state index >= 15 is 0 Å². The van der Waals surface area contributed by atoms with Crippen molar-refractivity contribution in [3.63, 3.8) is 0 Å². The lowest BCUT2D eigenvalue weighted by atomic mass is 10.5. The molecule has 1 rings (SSSR count). The van der Waals surface area contributed by atoms with Crippen LogP contribution in [0.3, 0.4) is 0 Å². The molecule has 0 fully saturated rings. The first-order valence-corrected chi connectivity index (χ1v) is 5.65. The van der Waals surface area contributed by atoms with Gasteiger partial charge in [-0.1, -0.05) is 15.9 Å². The fraction of sp³-hybridized carbons (Fsp3) is 0.286. The molecule has 0 unspecified atom stereocenters. The van der Waals surface area contributed by atoms with Crippen molar-refractivity contribution in [3.05, 3.63) is 20.8 Å². The smallest absolute Gasteiger partial charge is 0.130 e. The van der Waals surface area contributed by atoms with Gasteiger partial charge in [-0.3, -0.25) is 0 Å². The minimum atomic E-state index is 0.451.